The highest BCUT2D eigenvalue weighted by Gasteiger charge is 2.36. The maximum Gasteiger partial charge on any atom is 0.437 e. The van der Waals surface area contributed by atoms with Crippen LogP contribution in [0.25, 0.3) is 0 Å². The summed E-state index contributed by atoms with van der Waals surface area (Å²) in [5, 5.41) is 9.83. The molecule has 11 heteroatoms. The van der Waals surface area contributed by atoms with Gasteiger partial charge < -0.3 is 20.0 Å². The molecular weight excluding hydrogens is 517 g/mol. The third-order valence-electron chi connectivity index (χ3n) is 6.92. The van der Waals surface area contributed by atoms with E-state index in [0.717, 1.165) is 17.5 Å². The van der Waals surface area contributed by atoms with Crippen molar-refractivity contribution in [1.82, 2.24) is 25.3 Å². The highest BCUT2D eigenvalue weighted by molar-refractivity contribution is 5.99. The van der Waals surface area contributed by atoms with Gasteiger partial charge in [-0.2, -0.15) is 4.68 Å². The zero-order valence-corrected chi connectivity index (χ0v) is 24.3. The number of nitrogens with zero attached hydrogens (tertiary/aromatic N) is 3. The maximum atomic E-state index is 14.6. The fourth-order valence-electron chi connectivity index (χ4n) is 5.02. The van der Waals surface area contributed by atoms with Crippen molar-refractivity contribution in [2.45, 2.75) is 85.0 Å². The van der Waals surface area contributed by atoms with E-state index in [-0.39, 0.29) is 29.2 Å². The average molecular weight is 560 g/mol. The molecule has 1 aromatic carbocycles. The van der Waals surface area contributed by atoms with Gasteiger partial charge in [-0.15, -0.1) is 5.10 Å². The lowest BCUT2D eigenvalue weighted by Gasteiger charge is -2.32. The van der Waals surface area contributed by atoms with E-state index in [4.69, 9.17) is 4.42 Å². The lowest BCUT2D eigenvalue weighted by molar-refractivity contribution is -0.127. The molecule has 0 unspecified atom stereocenters. The fraction of sp³-hybridized carbons (Fsp3) is 0.621. The van der Waals surface area contributed by atoms with Gasteiger partial charge in [0.25, 0.3) is 11.8 Å². The Kier molecular flexibility index (Phi) is 10.8. The van der Waals surface area contributed by atoms with E-state index in [1.807, 2.05) is 46.7 Å². The monoisotopic (exact) mass is 559 g/mol. The number of hydrogen-bond donors (Lipinski definition) is 2. The molecule has 0 spiro atoms. The highest BCUT2D eigenvalue weighted by atomic mass is 19.1. The third kappa shape index (κ3) is 8.33. The Balaban J connectivity index is 1.74. The maximum absolute atomic E-state index is 14.6. The molecule has 40 heavy (non-hydrogen) atoms. The topological polar surface area (TPSA) is 127 Å². The first-order chi connectivity index (χ1) is 18.8. The minimum atomic E-state index is -0.935. The van der Waals surface area contributed by atoms with Crippen LogP contribution in [0.15, 0.2) is 27.4 Å². The van der Waals surface area contributed by atoms with Crippen LogP contribution in [0.1, 0.15) is 86.4 Å². The molecule has 220 valence electrons. The second-order valence-corrected chi connectivity index (χ2v) is 11.8. The van der Waals surface area contributed by atoms with E-state index in [2.05, 4.69) is 15.7 Å². The molecule has 1 saturated carbocycles. The first-order valence-electron chi connectivity index (χ1n) is 14.0. The van der Waals surface area contributed by atoms with Crippen LogP contribution in [0.4, 0.5) is 4.39 Å². The van der Waals surface area contributed by atoms with Crippen LogP contribution in [0, 0.1) is 23.6 Å². The summed E-state index contributed by atoms with van der Waals surface area (Å²) in [7, 11) is 3.67. The third-order valence-corrected chi connectivity index (χ3v) is 6.92. The SMILES string of the molecule is CC(C)C[C@H](NC(=O)[C@@H]1CCCC[C@@H]1NC(=O)c1ccc(CN(C)C)c(F)c1)C(=O)c1nn(CC(C)C)c(=O)o1. The summed E-state index contributed by atoms with van der Waals surface area (Å²) in [6, 6.07) is 2.99. The van der Waals surface area contributed by atoms with E-state index in [9.17, 15) is 23.6 Å². The standard InChI is InChI=1S/C29H42FN5O5/c1-17(2)13-24(25(36)28-33-35(15-18(3)4)29(39)40-28)32-27(38)21-9-7-8-10-23(21)31-26(37)19-11-12-20(16-34(5)6)22(30)14-19/h11-12,14,17-18,21,23-24H,7-10,13,15-16H2,1-6H3,(H,31,37)(H,32,38)/t21-,23+,24+/m1/s1. The molecule has 1 aromatic heterocycles. The van der Waals surface area contributed by atoms with Crippen molar-refractivity contribution in [3.8, 4) is 0 Å². The molecule has 3 atom stereocenters. The molecular formula is C29H42FN5O5. The molecule has 2 N–H and O–H groups in total. The number of ketones is 1. The number of rotatable bonds is 12. The van der Waals surface area contributed by atoms with E-state index >= 15 is 0 Å². The number of carbonyl (C=O) groups excluding carboxylic acids is 3. The van der Waals surface area contributed by atoms with Crippen molar-refractivity contribution >= 4 is 17.6 Å². The van der Waals surface area contributed by atoms with Gasteiger partial charge in [-0.1, -0.05) is 46.6 Å². The number of aromatic nitrogens is 2. The molecule has 2 amide bonds. The van der Waals surface area contributed by atoms with Crippen LogP contribution in [-0.4, -0.2) is 58.5 Å². The van der Waals surface area contributed by atoms with Crippen molar-refractivity contribution in [3.05, 3.63) is 51.6 Å². The number of Topliss-reactive ketones (excluding diaryl/α,β-unsaturated/α-hetero) is 1. The summed E-state index contributed by atoms with van der Waals surface area (Å²) in [4.78, 5) is 53.8. The minimum absolute atomic E-state index is 0.0611. The second-order valence-electron chi connectivity index (χ2n) is 11.8. The Bertz CT molecular complexity index is 1250. The molecule has 1 aliphatic rings. The molecule has 10 nitrogen and oxygen atoms in total. The molecule has 0 bridgehead atoms. The van der Waals surface area contributed by atoms with Crippen LogP contribution in [0.3, 0.4) is 0 Å². The van der Waals surface area contributed by atoms with Crippen LogP contribution >= 0.6 is 0 Å². The minimum Gasteiger partial charge on any atom is -0.384 e. The Labute approximate surface area is 234 Å². The van der Waals surface area contributed by atoms with Gasteiger partial charge in [-0.05, 0) is 57.3 Å². The molecule has 1 fully saturated rings. The summed E-state index contributed by atoms with van der Waals surface area (Å²) in [5.41, 5.74) is 0.673. The Morgan fingerprint density at radius 3 is 2.45 bits per heavy atom. The first kappa shape index (κ1) is 31.2. The predicted molar refractivity (Wildman–Crippen MR) is 148 cm³/mol. The first-order valence-corrected chi connectivity index (χ1v) is 14.0. The van der Waals surface area contributed by atoms with Crippen LogP contribution in [0.2, 0.25) is 0 Å². The van der Waals surface area contributed by atoms with E-state index in [1.54, 1.807) is 12.1 Å². The molecule has 3 rings (SSSR count). The smallest absolute Gasteiger partial charge is 0.384 e. The zero-order valence-electron chi connectivity index (χ0n) is 24.3. The number of carbonyl (C=O) groups is 3. The van der Waals surface area contributed by atoms with Crippen LogP contribution in [0.5, 0.6) is 0 Å². The molecule has 2 aromatic rings. The second kappa shape index (κ2) is 13.8. The summed E-state index contributed by atoms with van der Waals surface area (Å²) >= 11 is 0. The van der Waals surface area contributed by atoms with Crippen molar-refractivity contribution in [3.63, 3.8) is 0 Å². The number of halogens is 1. The zero-order chi connectivity index (χ0) is 29.6. The van der Waals surface area contributed by atoms with Gasteiger partial charge in [0, 0.05) is 23.7 Å². The average Bonchev–Trinajstić information content (AvgIpc) is 3.23. The van der Waals surface area contributed by atoms with Crippen LogP contribution < -0.4 is 16.4 Å². The molecule has 0 aliphatic heterocycles. The number of hydrogen-bond acceptors (Lipinski definition) is 7. The Morgan fingerprint density at radius 2 is 1.82 bits per heavy atom. The Morgan fingerprint density at radius 1 is 1.12 bits per heavy atom. The van der Waals surface area contributed by atoms with E-state index in [0.29, 0.717) is 37.9 Å². The summed E-state index contributed by atoms with van der Waals surface area (Å²) < 4.78 is 20.8. The number of nitrogens with one attached hydrogen (secondary N) is 2. The predicted octanol–water partition coefficient (Wildman–Crippen LogP) is 3.40. The Hall–Kier alpha value is -3.34. The number of amides is 2. The summed E-state index contributed by atoms with van der Waals surface area (Å²) in [6.45, 7) is 8.40. The normalized spacial score (nSPS) is 18.2. The van der Waals surface area contributed by atoms with Gasteiger partial charge in [0.1, 0.15) is 5.82 Å². The summed E-state index contributed by atoms with van der Waals surface area (Å²) in [5.74, 6) is -3.26. The van der Waals surface area contributed by atoms with Crippen LogP contribution in [-0.2, 0) is 17.9 Å². The van der Waals surface area contributed by atoms with Gasteiger partial charge in [0.05, 0.1) is 18.5 Å². The van der Waals surface area contributed by atoms with E-state index < -0.39 is 41.3 Å². The van der Waals surface area contributed by atoms with E-state index in [1.165, 1.54) is 6.07 Å². The molecule has 0 saturated heterocycles. The van der Waals surface area contributed by atoms with Gasteiger partial charge in [0.2, 0.25) is 11.7 Å². The lowest BCUT2D eigenvalue weighted by atomic mass is 9.83. The van der Waals surface area contributed by atoms with Gasteiger partial charge in [0.15, 0.2) is 0 Å². The molecule has 1 aliphatic carbocycles. The fourth-order valence-corrected chi connectivity index (χ4v) is 5.02. The van der Waals surface area contributed by atoms with Crippen molar-refractivity contribution in [2.24, 2.45) is 17.8 Å². The highest BCUT2D eigenvalue weighted by Crippen LogP contribution is 2.26. The number of benzene rings is 1. The van der Waals surface area contributed by atoms with Gasteiger partial charge in [-0.25, -0.2) is 9.18 Å². The van der Waals surface area contributed by atoms with Gasteiger partial charge >= 0.3 is 5.76 Å². The molecule has 1 heterocycles. The summed E-state index contributed by atoms with van der Waals surface area (Å²) in [6.07, 6.45) is 3.08. The quantitative estimate of drug-likeness (QED) is 0.382. The molecule has 0 radical (unpaired) electrons. The van der Waals surface area contributed by atoms with Gasteiger partial charge in [-0.3, -0.25) is 14.4 Å². The van der Waals surface area contributed by atoms with Crippen molar-refractivity contribution < 1.29 is 23.2 Å². The largest absolute Gasteiger partial charge is 0.437 e. The lowest BCUT2D eigenvalue weighted by Crippen LogP contribution is -2.52. The van der Waals surface area contributed by atoms with Crippen molar-refractivity contribution in [2.75, 3.05) is 14.1 Å². The van der Waals surface area contributed by atoms with Crippen molar-refractivity contribution in [1.29, 1.82) is 0 Å².